The molecule has 1 rings (SSSR count). The lowest BCUT2D eigenvalue weighted by atomic mass is 10.2. The first-order valence-corrected chi connectivity index (χ1v) is 6.15. The Balaban J connectivity index is 2.22. The standard InChI is InChI=1S/C13H23N3O/c1-11(2)8-14-6-7-16(3)10-12-4-5-13(17)15-9-12/h4-5,9,11,14H,6-8,10H2,1-3H3,(H,15,17). The van der Waals surface area contributed by atoms with Crippen LogP contribution in [0.3, 0.4) is 0 Å². The van der Waals surface area contributed by atoms with Gasteiger partial charge >= 0.3 is 0 Å². The first-order chi connectivity index (χ1) is 8.08. The third kappa shape index (κ3) is 6.24. The van der Waals surface area contributed by atoms with Crippen molar-refractivity contribution in [1.82, 2.24) is 15.2 Å². The average Bonchev–Trinajstić information content (AvgIpc) is 2.27. The van der Waals surface area contributed by atoms with E-state index in [2.05, 4.69) is 36.1 Å². The number of hydrogen-bond donors (Lipinski definition) is 2. The van der Waals surface area contributed by atoms with Gasteiger partial charge in [0.2, 0.25) is 5.56 Å². The summed E-state index contributed by atoms with van der Waals surface area (Å²) in [5.41, 5.74) is 1.09. The van der Waals surface area contributed by atoms with Crippen molar-refractivity contribution in [3.05, 3.63) is 34.2 Å². The second kappa shape index (κ2) is 7.25. The fourth-order valence-corrected chi connectivity index (χ4v) is 1.59. The van der Waals surface area contributed by atoms with E-state index in [-0.39, 0.29) is 5.56 Å². The molecule has 0 saturated carbocycles. The van der Waals surface area contributed by atoms with Gasteiger partial charge in [-0.3, -0.25) is 4.79 Å². The highest BCUT2D eigenvalue weighted by atomic mass is 16.1. The molecule has 0 amide bonds. The molecule has 0 spiro atoms. The zero-order valence-electron chi connectivity index (χ0n) is 11.0. The maximum Gasteiger partial charge on any atom is 0.247 e. The van der Waals surface area contributed by atoms with Crippen LogP contribution in [0.1, 0.15) is 19.4 Å². The van der Waals surface area contributed by atoms with Gasteiger partial charge in [0.1, 0.15) is 0 Å². The van der Waals surface area contributed by atoms with Crippen LogP contribution < -0.4 is 10.9 Å². The molecular formula is C13H23N3O. The second-order valence-electron chi connectivity index (χ2n) is 4.90. The van der Waals surface area contributed by atoms with E-state index in [9.17, 15) is 4.79 Å². The van der Waals surface area contributed by atoms with Crippen molar-refractivity contribution in [3.63, 3.8) is 0 Å². The van der Waals surface area contributed by atoms with Crippen molar-refractivity contribution < 1.29 is 0 Å². The van der Waals surface area contributed by atoms with Gasteiger partial charge in [-0.2, -0.15) is 0 Å². The Kier molecular flexibility index (Phi) is 5.94. The van der Waals surface area contributed by atoms with Gasteiger partial charge in [0.05, 0.1) is 0 Å². The number of H-pyrrole nitrogens is 1. The minimum absolute atomic E-state index is 0.0463. The number of rotatable bonds is 7. The SMILES string of the molecule is CC(C)CNCCN(C)Cc1ccc(=O)[nH]c1. The molecule has 0 radical (unpaired) electrons. The summed E-state index contributed by atoms with van der Waals surface area (Å²) in [6.07, 6.45) is 1.78. The Bertz CT molecular complexity index is 353. The number of pyridine rings is 1. The Morgan fingerprint density at radius 3 is 2.76 bits per heavy atom. The predicted molar refractivity (Wildman–Crippen MR) is 71.1 cm³/mol. The normalized spacial score (nSPS) is 11.4. The Hall–Kier alpha value is -1.13. The largest absolute Gasteiger partial charge is 0.329 e. The van der Waals surface area contributed by atoms with Gasteiger partial charge in [0, 0.05) is 31.9 Å². The molecule has 4 heteroatoms. The Morgan fingerprint density at radius 2 is 2.18 bits per heavy atom. The molecule has 4 nitrogen and oxygen atoms in total. The predicted octanol–water partition coefficient (Wildman–Crippen LogP) is 1.05. The molecule has 0 aromatic carbocycles. The van der Waals surface area contributed by atoms with Crippen LogP contribution in [-0.2, 0) is 6.54 Å². The Morgan fingerprint density at radius 1 is 1.41 bits per heavy atom. The number of aromatic nitrogens is 1. The summed E-state index contributed by atoms with van der Waals surface area (Å²) in [6.45, 7) is 8.34. The summed E-state index contributed by atoms with van der Waals surface area (Å²) in [4.78, 5) is 15.8. The molecular weight excluding hydrogens is 214 g/mol. The topological polar surface area (TPSA) is 48.1 Å². The molecule has 0 fully saturated rings. The van der Waals surface area contributed by atoms with Gasteiger partial charge in [-0.05, 0) is 25.1 Å². The maximum absolute atomic E-state index is 10.9. The molecule has 0 aliphatic carbocycles. The van der Waals surface area contributed by atoms with Crippen molar-refractivity contribution in [1.29, 1.82) is 0 Å². The van der Waals surface area contributed by atoms with Crippen LogP contribution in [0, 0.1) is 5.92 Å². The van der Waals surface area contributed by atoms with Crippen LogP contribution in [0.2, 0.25) is 0 Å². The van der Waals surface area contributed by atoms with E-state index < -0.39 is 0 Å². The lowest BCUT2D eigenvalue weighted by molar-refractivity contribution is 0.321. The highest BCUT2D eigenvalue weighted by Crippen LogP contribution is 1.98. The van der Waals surface area contributed by atoms with Crippen LogP contribution >= 0.6 is 0 Å². The van der Waals surface area contributed by atoms with E-state index in [0.29, 0.717) is 5.92 Å². The lowest BCUT2D eigenvalue weighted by Crippen LogP contribution is -2.31. The van der Waals surface area contributed by atoms with E-state index in [0.717, 1.165) is 31.7 Å². The summed E-state index contributed by atoms with van der Waals surface area (Å²) in [5, 5.41) is 3.41. The number of nitrogens with one attached hydrogen (secondary N) is 2. The van der Waals surface area contributed by atoms with Crippen LogP contribution in [-0.4, -0.2) is 36.6 Å². The molecule has 96 valence electrons. The zero-order chi connectivity index (χ0) is 12.7. The lowest BCUT2D eigenvalue weighted by Gasteiger charge is -2.17. The second-order valence-corrected chi connectivity index (χ2v) is 4.90. The zero-order valence-corrected chi connectivity index (χ0v) is 11.0. The molecule has 1 heterocycles. The number of likely N-dealkylation sites (N-methyl/N-ethyl adjacent to an activating group) is 1. The fourth-order valence-electron chi connectivity index (χ4n) is 1.59. The molecule has 17 heavy (non-hydrogen) atoms. The number of aromatic amines is 1. The van der Waals surface area contributed by atoms with Crippen molar-refractivity contribution in [2.75, 3.05) is 26.7 Å². The molecule has 0 bridgehead atoms. The van der Waals surface area contributed by atoms with Crippen molar-refractivity contribution in [2.45, 2.75) is 20.4 Å². The Labute approximate surface area is 103 Å². The van der Waals surface area contributed by atoms with Crippen LogP contribution in [0.4, 0.5) is 0 Å². The average molecular weight is 237 g/mol. The molecule has 1 aromatic heterocycles. The first kappa shape index (κ1) is 13.9. The molecule has 0 aliphatic heterocycles. The quantitative estimate of drug-likeness (QED) is 0.697. The van der Waals surface area contributed by atoms with Crippen molar-refractivity contribution in [2.24, 2.45) is 5.92 Å². The number of nitrogens with zero attached hydrogens (tertiary/aromatic N) is 1. The third-order valence-corrected chi connectivity index (χ3v) is 2.52. The van der Waals surface area contributed by atoms with E-state index in [4.69, 9.17) is 0 Å². The summed E-state index contributed by atoms with van der Waals surface area (Å²) in [7, 11) is 2.09. The van der Waals surface area contributed by atoms with E-state index in [1.165, 1.54) is 0 Å². The van der Waals surface area contributed by atoms with Gasteiger partial charge in [0.15, 0.2) is 0 Å². The molecule has 0 aliphatic rings. The molecule has 1 aromatic rings. The summed E-state index contributed by atoms with van der Waals surface area (Å²) < 4.78 is 0. The van der Waals surface area contributed by atoms with Gasteiger partial charge in [-0.15, -0.1) is 0 Å². The monoisotopic (exact) mass is 237 g/mol. The van der Waals surface area contributed by atoms with E-state index in [1.54, 1.807) is 12.3 Å². The first-order valence-electron chi connectivity index (χ1n) is 6.15. The highest BCUT2D eigenvalue weighted by molar-refractivity contribution is 5.08. The minimum atomic E-state index is -0.0463. The molecule has 0 saturated heterocycles. The van der Waals surface area contributed by atoms with Gasteiger partial charge in [-0.25, -0.2) is 0 Å². The fraction of sp³-hybridized carbons (Fsp3) is 0.615. The summed E-state index contributed by atoms with van der Waals surface area (Å²) >= 11 is 0. The minimum Gasteiger partial charge on any atom is -0.329 e. The molecule has 2 N–H and O–H groups in total. The van der Waals surface area contributed by atoms with E-state index in [1.807, 2.05) is 6.07 Å². The van der Waals surface area contributed by atoms with Gasteiger partial charge in [-0.1, -0.05) is 19.9 Å². The van der Waals surface area contributed by atoms with Crippen LogP contribution in [0.5, 0.6) is 0 Å². The smallest absolute Gasteiger partial charge is 0.247 e. The van der Waals surface area contributed by atoms with Crippen molar-refractivity contribution in [3.8, 4) is 0 Å². The molecule has 0 unspecified atom stereocenters. The van der Waals surface area contributed by atoms with Gasteiger partial charge in [0.25, 0.3) is 0 Å². The number of hydrogen-bond acceptors (Lipinski definition) is 3. The third-order valence-electron chi connectivity index (χ3n) is 2.52. The van der Waals surface area contributed by atoms with Crippen molar-refractivity contribution >= 4 is 0 Å². The van der Waals surface area contributed by atoms with Crippen LogP contribution in [0.15, 0.2) is 23.1 Å². The molecule has 0 atom stereocenters. The summed E-state index contributed by atoms with van der Waals surface area (Å²) in [6, 6.07) is 3.44. The summed E-state index contributed by atoms with van der Waals surface area (Å²) in [5.74, 6) is 0.694. The van der Waals surface area contributed by atoms with Gasteiger partial charge < -0.3 is 15.2 Å². The van der Waals surface area contributed by atoms with E-state index >= 15 is 0 Å². The van der Waals surface area contributed by atoms with Crippen LogP contribution in [0.25, 0.3) is 0 Å². The maximum atomic E-state index is 10.9. The highest BCUT2D eigenvalue weighted by Gasteiger charge is 2.00.